The Hall–Kier alpha value is -1.48. The number of nitrogens with one attached hydrogen (secondary N) is 2. The Morgan fingerprint density at radius 3 is 2.50 bits per heavy atom. The van der Waals surface area contributed by atoms with Gasteiger partial charge in [-0.3, -0.25) is 4.79 Å². The van der Waals surface area contributed by atoms with Crippen molar-refractivity contribution >= 4 is 15.9 Å². The summed E-state index contributed by atoms with van der Waals surface area (Å²) in [6, 6.07) is 8.57. The lowest BCUT2D eigenvalue weighted by Gasteiger charge is -2.36. The van der Waals surface area contributed by atoms with Crippen LogP contribution in [0, 0.1) is 5.92 Å². The quantitative estimate of drug-likeness (QED) is 0.548. The van der Waals surface area contributed by atoms with Gasteiger partial charge in [0, 0.05) is 12.5 Å². The molecule has 0 spiro atoms. The van der Waals surface area contributed by atoms with E-state index in [0.29, 0.717) is 31.4 Å². The van der Waals surface area contributed by atoms with E-state index in [-0.39, 0.29) is 30.3 Å². The number of rotatable bonds is 9. The SMILES string of the molecule is O=C(NCC[C@@H]1CC[C@H](NS(=O)(=O)Cc2ccccc2)[C@@H](CO)O1)C1CCCCC1. The molecule has 168 valence electrons. The molecule has 0 bridgehead atoms. The molecule has 30 heavy (non-hydrogen) atoms. The van der Waals surface area contributed by atoms with Crippen LogP contribution in [0.15, 0.2) is 30.3 Å². The summed E-state index contributed by atoms with van der Waals surface area (Å²) in [5.74, 6) is 0.175. The van der Waals surface area contributed by atoms with Crippen molar-refractivity contribution in [3.8, 4) is 0 Å². The Balaban J connectivity index is 1.43. The monoisotopic (exact) mass is 438 g/mol. The van der Waals surface area contributed by atoms with Gasteiger partial charge < -0.3 is 15.2 Å². The van der Waals surface area contributed by atoms with Crippen molar-refractivity contribution in [2.24, 2.45) is 5.92 Å². The first kappa shape index (κ1) is 23.2. The molecule has 1 aromatic carbocycles. The van der Waals surface area contributed by atoms with Crippen molar-refractivity contribution in [3.63, 3.8) is 0 Å². The van der Waals surface area contributed by atoms with Crippen molar-refractivity contribution in [1.29, 1.82) is 0 Å². The molecule has 2 fully saturated rings. The van der Waals surface area contributed by atoms with Gasteiger partial charge in [0.2, 0.25) is 15.9 Å². The van der Waals surface area contributed by atoms with Gasteiger partial charge in [0.05, 0.1) is 30.6 Å². The van der Waals surface area contributed by atoms with E-state index in [2.05, 4.69) is 10.0 Å². The molecule has 1 amide bonds. The molecule has 0 unspecified atom stereocenters. The van der Waals surface area contributed by atoms with Gasteiger partial charge in [0.25, 0.3) is 0 Å². The second kappa shape index (κ2) is 11.2. The minimum atomic E-state index is -3.53. The molecular formula is C22H34N2O5S. The molecule has 2 aliphatic rings. The molecule has 3 rings (SSSR count). The average molecular weight is 439 g/mol. The number of carbonyl (C=O) groups excluding carboxylic acids is 1. The average Bonchev–Trinajstić information content (AvgIpc) is 2.75. The topological polar surface area (TPSA) is 105 Å². The van der Waals surface area contributed by atoms with Gasteiger partial charge >= 0.3 is 0 Å². The summed E-state index contributed by atoms with van der Waals surface area (Å²) < 4.78 is 33.7. The van der Waals surface area contributed by atoms with Gasteiger partial charge in [0.1, 0.15) is 0 Å². The minimum absolute atomic E-state index is 0.0938. The lowest BCUT2D eigenvalue weighted by Crippen LogP contribution is -2.51. The second-order valence-electron chi connectivity index (χ2n) is 8.44. The summed E-state index contributed by atoms with van der Waals surface area (Å²) in [5.41, 5.74) is 0.717. The first-order chi connectivity index (χ1) is 14.5. The highest BCUT2D eigenvalue weighted by Crippen LogP contribution is 2.25. The summed E-state index contributed by atoms with van der Waals surface area (Å²) in [7, 11) is -3.53. The van der Waals surface area contributed by atoms with E-state index >= 15 is 0 Å². The molecule has 8 heteroatoms. The molecule has 3 N–H and O–H groups in total. The van der Waals surface area contributed by atoms with Crippen LogP contribution >= 0.6 is 0 Å². The van der Waals surface area contributed by atoms with Crippen LogP contribution in [0.2, 0.25) is 0 Å². The van der Waals surface area contributed by atoms with Gasteiger partial charge in [-0.2, -0.15) is 0 Å². The van der Waals surface area contributed by atoms with E-state index in [4.69, 9.17) is 4.74 Å². The standard InChI is InChI=1S/C22H34N2O5S/c25-15-21-20(24-30(27,28)16-17-7-3-1-4-8-17)12-11-19(29-21)13-14-23-22(26)18-9-5-2-6-10-18/h1,3-4,7-8,18-21,24-25H,2,5-6,9-16H2,(H,23,26)/t19-,20-,21+/m0/s1. The molecule has 1 aliphatic heterocycles. The van der Waals surface area contributed by atoms with Gasteiger partial charge in [0.15, 0.2) is 0 Å². The fourth-order valence-corrected chi connectivity index (χ4v) is 5.86. The molecule has 1 aliphatic carbocycles. The largest absolute Gasteiger partial charge is 0.394 e. The minimum Gasteiger partial charge on any atom is -0.394 e. The first-order valence-electron chi connectivity index (χ1n) is 11.0. The van der Waals surface area contributed by atoms with Gasteiger partial charge in [-0.15, -0.1) is 0 Å². The Bertz CT molecular complexity index is 765. The van der Waals surface area contributed by atoms with E-state index in [9.17, 15) is 18.3 Å². The normalized spacial score (nSPS) is 25.7. The van der Waals surface area contributed by atoms with Gasteiger partial charge in [-0.05, 0) is 37.7 Å². The third-order valence-corrected chi connectivity index (χ3v) is 7.44. The fraction of sp³-hybridized carbons (Fsp3) is 0.682. The molecule has 0 aromatic heterocycles. The molecule has 1 saturated heterocycles. The van der Waals surface area contributed by atoms with Crippen molar-refractivity contribution < 1.29 is 23.1 Å². The maximum atomic E-state index is 12.5. The molecule has 1 heterocycles. The van der Waals surface area contributed by atoms with E-state index in [0.717, 1.165) is 25.7 Å². The van der Waals surface area contributed by atoms with Gasteiger partial charge in [-0.25, -0.2) is 13.1 Å². The zero-order valence-corrected chi connectivity index (χ0v) is 18.3. The lowest BCUT2D eigenvalue weighted by molar-refractivity contribution is -0.126. The molecule has 1 saturated carbocycles. The van der Waals surface area contributed by atoms with E-state index in [1.54, 1.807) is 12.1 Å². The first-order valence-corrected chi connectivity index (χ1v) is 12.7. The predicted molar refractivity (Wildman–Crippen MR) is 115 cm³/mol. The van der Waals surface area contributed by atoms with Crippen LogP contribution < -0.4 is 10.0 Å². The summed E-state index contributed by atoms with van der Waals surface area (Å²) in [6.07, 6.45) is 6.71. The number of sulfonamides is 1. The van der Waals surface area contributed by atoms with Crippen LogP contribution in [0.3, 0.4) is 0 Å². The van der Waals surface area contributed by atoms with Crippen LogP contribution in [0.1, 0.15) is 56.9 Å². The van der Waals surface area contributed by atoms with Crippen molar-refractivity contribution in [3.05, 3.63) is 35.9 Å². The highest BCUT2D eigenvalue weighted by Gasteiger charge is 2.33. The van der Waals surface area contributed by atoms with E-state index < -0.39 is 22.2 Å². The van der Waals surface area contributed by atoms with Crippen LogP contribution in [0.5, 0.6) is 0 Å². The van der Waals surface area contributed by atoms with E-state index in [1.807, 2.05) is 18.2 Å². The Labute approximate surface area is 179 Å². The van der Waals surface area contributed by atoms with Gasteiger partial charge in [-0.1, -0.05) is 49.6 Å². The fourth-order valence-electron chi connectivity index (χ4n) is 4.41. The summed E-state index contributed by atoms with van der Waals surface area (Å²) in [6.45, 7) is 0.298. The highest BCUT2D eigenvalue weighted by molar-refractivity contribution is 7.88. The molecule has 0 radical (unpaired) electrons. The third kappa shape index (κ3) is 7.04. The predicted octanol–water partition coefficient (Wildman–Crippen LogP) is 2.10. The number of amides is 1. The van der Waals surface area contributed by atoms with Crippen LogP contribution in [0.25, 0.3) is 0 Å². The zero-order valence-electron chi connectivity index (χ0n) is 17.5. The Kier molecular flexibility index (Phi) is 8.68. The van der Waals surface area contributed by atoms with Crippen LogP contribution in [-0.4, -0.2) is 50.8 Å². The molecule has 7 nitrogen and oxygen atoms in total. The molecule has 1 aromatic rings. The Morgan fingerprint density at radius 1 is 1.07 bits per heavy atom. The molecule has 3 atom stereocenters. The van der Waals surface area contributed by atoms with Crippen molar-refractivity contribution in [2.45, 2.75) is 75.4 Å². The number of carbonyl (C=O) groups is 1. The number of aliphatic hydroxyl groups is 1. The number of ether oxygens (including phenoxy) is 1. The van der Waals surface area contributed by atoms with E-state index in [1.165, 1.54) is 6.42 Å². The maximum Gasteiger partial charge on any atom is 0.223 e. The number of benzene rings is 1. The lowest BCUT2D eigenvalue weighted by atomic mass is 9.88. The number of hydrogen-bond acceptors (Lipinski definition) is 5. The van der Waals surface area contributed by atoms with Crippen molar-refractivity contribution in [1.82, 2.24) is 10.0 Å². The smallest absolute Gasteiger partial charge is 0.223 e. The Morgan fingerprint density at radius 2 is 1.80 bits per heavy atom. The maximum absolute atomic E-state index is 12.5. The van der Waals surface area contributed by atoms with Crippen LogP contribution in [-0.2, 0) is 25.3 Å². The molecular weight excluding hydrogens is 404 g/mol. The highest BCUT2D eigenvalue weighted by atomic mass is 32.2. The third-order valence-electron chi connectivity index (χ3n) is 6.07. The zero-order chi connectivity index (χ0) is 21.4. The van der Waals surface area contributed by atoms with Crippen LogP contribution in [0.4, 0.5) is 0 Å². The summed E-state index contributed by atoms with van der Waals surface area (Å²) in [5, 5.41) is 12.7. The summed E-state index contributed by atoms with van der Waals surface area (Å²) in [4.78, 5) is 12.3. The summed E-state index contributed by atoms with van der Waals surface area (Å²) >= 11 is 0. The number of aliphatic hydroxyl groups excluding tert-OH is 1. The van der Waals surface area contributed by atoms with Crippen molar-refractivity contribution in [2.75, 3.05) is 13.2 Å². The second-order valence-corrected chi connectivity index (χ2v) is 10.2. The number of hydrogen-bond donors (Lipinski definition) is 3.